The van der Waals surface area contributed by atoms with E-state index in [1.54, 1.807) is 0 Å². The minimum Gasteiger partial charge on any atom is -0.340 e. The first-order valence-electron chi connectivity index (χ1n) is 61.0. The molecule has 0 atom stereocenters. The highest BCUT2D eigenvalue weighted by Crippen LogP contribution is 2.40. The van der Waals surface area contributed by atoms with Crippen LogP contribution in [-0.4, -0.2) is 22.8 Å². The van der Waals surface area contributed by atoms with Crippen LogP contribution in [0.4, 0.5) is 0 Å². The van der Waals surface area contributed by atoms with E-state index in [2.05, 4.69) is 310 Å². The van der Waals surface area contributed by atoms with E-state index in [0.29, 0.717) is 0 Å². The van der Waals surface area contributed by atoms with Crippen LogP contribution in [0.2, 0.25) is 0 Å². The Morgan fingerprint density at radius 2 is 0.268 bits per heavy atom. The van der Waals surface area contributed by atoms with Gasteiger partial charge in [-0.25, -0.2) is 0 Å². The van der Waals surface area contributed by atoms with Crippen LogP contribution >= 0.6 is 0 Å². The first kappa shape index (κ1) is 112. The number of fused-ring (bicyclic) bond motifs is 11. The SMILES string of the molecule is CC#Cc1ccc2c(c1)c1cc(C#CC)ccc1n2CCCCCCCCCCCCCC.CCCCCCCCCCCCCCn1c2ccc3cc2c2cc(ccc21)C#Cc1ccc2c(c1)c1cc(ccc1n2CCCCCCCCCCCCCC)C#Cc1ccc2c(c1)c1cc(ccc1n2CCCCCCCCCCCCCC)C#Cc1ccc2c(c1)c1cc(ccc1n2CCCCCCCCCCCCCC)C#C3. The molecular formula is C144H181N5. The molecule has 5 heteroatoms. The maximum Gasteiger partial charge on any atom is 0.0492 e. The molecule has 0 radical (unpaired) electrons. The number of unbranched alkanes of at least 4 members (excludes halogenated alkanes) is 55. The van der Waals surface area contributed by atoms with E-state index in [-0.39, 0.29) is 0 Å². The number of benzene rings is 10. The van der Waals surface area contributed by atoms with Crippen LogP contribution in [0, 0.1) is 71.0 Å². The van der Waals surface area contributed by atoms with Gasteiger partial charge in [-0.3, -0.25) is 0 Å². The average Bonchev–Trinajstić information content (AvgIpc) is 1.62. The van der Waals surface area contributed by atoms with Crippen LogP contribution in [0.25, 0.3) is 109 Å². The Morgan fingerprint density at radius 1 is 0.148 bits per heavy atom. The molecule has 782 valence electrons. The summed E-state index contributed by atoms with van der Waals surface area (Å²) < 4.78 is 12.9. The lowest BCUT2D eigenvalue weighted by Gasteiger charge is -2.08. The summed E-state index contributed by atoms with van der Waals surface area (Å²) in [4.78, 5) is 0. The van der Waals surface area contributed by atoms with Gasteiger partial charge in [-0.2, -0.15) is 0 Å². The second-order valence-electron chi connectivity index (χ2n) is 44.3. The molecule has 149 heavy (non-hydrogen) atoms. The molecule has 0 unspecified atom stereocenters. The summed E-state index contributed by atoms with van der Waals surface area (Å²) in [5, 5.41) is 12.6. The van der Waals surface area contributed by atoms with Gasteiger partial charge in [-0.15, -0.1) is 11.8 Å². The van der Waals surface area contributed by atoms with Crippen LogP contribution in [0.3, 0.4) is 0 Å². The Labute approximate surface area is 900 Å². The molecule has 0 saturated heterocycles. The Kier molecular flexibility index (Phi) is 46.8. The summed E-state index contributed by atoms with van der Waals surface area (Å²) in [5.74, 6) is 42.3. The van der Waals surface area contributed by atoms with Gasteiger partial charge in [-0.1, -0.05) is 447 Å². The van der Waals surface area contributed by atoms with Crippen molar-refractivity contribution < 1.29 is 0 Å². The van der Waals surface area contributed by atoms with Crippen molar-refractivity contribution in [3.63, 3.8) is 0 Å². The molecule has 0 aliphatic heterocycles. The van der Waals surface area contributed by atoms with Crippen molar-refractivity contribution in [2.45, 2.75) is 466 Å². The zero-order chi connectivity index (χ0) is 103. The van der Waals surface area contributed by atoms with Crippen LogP contribution < -0.4 is 0 Å². The van der Waals surface area contributed by atoms with Gasteiger partial charge in [0.1, 0.15) is 0 Å². The average molecular weight is 1980 g/mol. The second-order valence-corrected chi connectivity index (χ2v) is 44.3. The largest absolute Gasteiger partial charge is 0.340 e. The summed E-state index contributed by atoms with van der Waals surface area (Å²) in [7, 11) is 0. The summed E-state index contributed by atoms with van der Waals surface area (Å²) in [6, 6.07) is 69.1. The van der Waals surface area contributed by atoms with Crippen molar-refractivity contribution in [3.05, 3.63) is 238 Å². The molecule has 5 aromatic heterocycles. The second kappa shape index (κ2) is 62.4. The van der Waals surface area contributed by atoms with E-state index in [0.717, 1.165) is 88.4 Å². The highest BCUT2D eigenvalue weighted by atomic mass is 15.0. The number of hydrogen-bond donors (Lipinski definition) is 0. The number of hydrogen-bond acceptors (Lipinski definition) is 0. The minimum absolute atomic E-state index is 0.994. The molecule has 1 aliphatic carbocycles. The van der Waals surface area contributed by atoms with E-state index in [4.69, 9.17) is 0 Å². The zero-order valence-corrected chi connectivity index (χ0v) is 93.5. The number of aryl methyl sites for hydroxylation is 5. The lowest BCUT2D eigenvalue weighted by Crippen LogP contribution is -1.98. The van der Waals surface area contributed by atoms with Gasteiger partial charge in [0.2, 0.25) is 0 Å². The highest BCUT2D eigenvalue weighted by molar-refractivity contribution is 6.13. The van der Waals surface area contributed by atoms with Crippen molar-refractivity contribution in [1.82, 2.24) is 22.8 Å². The lowest BCUT2D eigenvalue weighted by atomic mass is 10.0. The van der Waals surface area contributed by atoms with Gasteiger partial charge in [0.05, 0.1) is 0 Å². The molecule has 15 aromatic rings. The molecule has 0 saturated carbocycles. The normalized spacial score (nSPS) is 11.8. The van der Waals surface area contributed by atoms with Gasteiger partial charge in [-0.05, 0) is 228 Å². The molecule has 16 bridgehead atoms. The van der Waals surface area contributed by atoms with Gasteiger partial charge in [0.15, 0.2) is 0 Å². The van der Waals surface area contributed by atoms with E-state index in [1.165, 1.54) is 494 Å². The molecule has 16 rings (SSSR count). The van der Waals surface area contributed by atoms with Crippen molar-refractivity contribution in [1.29, 1.82) is 0 Å². The Morgan fingerprint density at radius 3 is 0.403 bits per heavy atom. The third kappa shape index (κ3) is 32.8. The molecule has 0 amide bonds. The van der Waals surface area contributed by atoms with Gasteiger partial charge in [0.25, 0.3) is 0 Å². The summed E-state index contributed by atoms with van der Waals surface area (Å²) >= 11 is 0. The predicted molar refractivity (Wildman–Crippen MR) is 652 cm³/mol. The van der Waals surface area contributed by atoms with Crippen LogP contribution in [0.5, 0.6) is 0 Å². The minimum atomic E-state index is 0.994. The number of nitrogens with zero attached hydrogens (tertiary/aromatic N) is 5. The fraction of sp³-hybridized carbons (Fsp3) is 0.500. The van der Waals surface area contributed by atoms with Gasteiger partial charge >= 0.3 is 0 Å². The predicted octanol–water partition coefficient (Wildman–Crippen LogP) is 42.1. The fourth-order valence-corrected chi connectivity index (χ4v) is 23.9. The third-order valence-corrected chi connectivity index (χ3v) is 32.4. The third-order valence-electron chi connectivity index (χ3n) is 32.4. The molecule has 10 aromatic carbocycles. The summed E-state index contributed by atoms with van der Waals surface area (Å²) in [6.45, 7) is 20.4. The first-order valence-corrected chi connectivity index (χ1v) is 61.0. The van der Waals surface area contributed by atoms with E-state index in [9.17, 15) is 0 Å². The highest BCUT2D eigenvalue weighted by Gasteiger charge is 2.20. The quantitative estimate of drug-likeness (QED) is 0.0268. The molecular weight excluding hydrogens is 1800 g/mol. The van der Waals surface area contributed by atoms with Crippen molar-refractivity contribution in [2.75, 3.05) is 0 Å². The smallest absolute Gasteiger partial charge is 0.0492 e. The number of aromatic nitrogens is 5. The van der Waals surface area contributed by atoms with Crippen molar-refractivity contribution >= 4 is 109 Å². The van der Waals surface area contributed by atoms with Crippen LogP contribution in [-0.2, 0) is 32.7 Å². The molecule has 0 N–H and O–H groups in total. The van der Waals surface area contributed by atoms with Crippen LogP contribution in [0.15, 0.2) is 182 Å². The van der Waals surface area contributed by atoms with Crippen LogP contribution in [0.1, 0.15) is 489 Å². The Hall–Kier alpha value is -11.4. The molecule has 0 spiro atoms. The Balaban J connectivity index is 0.000000426. The molecule has 5 nitrogen and oxygen atoms in total. The topological polar surface area (TPSA) is 24.6 Å². The maximum atomic E-state index is 3.73. The number of rotatable bonds is 65. The molecule has 5 heterocycles. The van der Waals surface area contributed by atoms with Gasteiger partial charge < -0.3 is 22.8 Å². The summed E-state index contributed by atoms with van der Waals surface area (Å²) in [5.41, 5.74) is 23.2. The Bertz CT molecular complexity index is 6160. The maximum absolute atomic E-state index is 3.73. The monoisotopic (exact) mass is 1980 g/mol. The van der Waals surface area contributed by atoms with E-state index in [1.807, 2.05) is 13.8 Å². The van der Waals surface area contributed by atoms with E-state index < -0.39 is 0 Å². The lowest BCUT2D eigenvalue weighted by molar-refractivity contribution is 0.533. The first-order chi connectivity index (χ1) is 73.7. The molecule has 0 fully saturated rings. The van der Waals surface area contributed by atoms with Crippen molar-refractivity contribution in [3.8, 4) is 71.0 Å². The fourth-order valence-electron chi connectivity index (χ4n) is 23.9. The zero-order valence-electron chi connectivity index (χ0n) is 93.5. The standard InChI is InChI=1S/C112H140N4.C32H41N/c1-5-9-13-17-21-25-29-33-37-41-45-49-77-113-105-69-61-89-53-55-91-63-71-107-99(83-91)101-85-93(65-73-109(101)114(107)78-50-46-42-38-34-30-26-22-18-14-10-6-2)57-59-95-67-75-111-103(87-95)104-88-96(68-76-112(104)116(111)80-52-48-44-40-36-32-28-24-20-16-12-8-4)60-58-94-66-74-110-102(86-94)100-84-92(56-54-90-62-70-106(113)98(82-90)97(105)81-89)64-72-108(100)115(110)79-51-47-43-39-35-31-27-23-19-15-11-7-3;1-4-7-8-9-10-11-12-13-14-15-16-17-24-33-31-22-20-27(18-5-2)25-29(31)30-26-28(19-6-3)21-23-32(30)33/h61-76,81-88H,5-52,77-80H2,1-4H3;20-23,25-26H,4,7-17,24H2,1-3H3. The summed E-state index contributed by atoms with van der Waals surface area (Å²) in [6.07, 6.45) is 81.1. The van der Waals surface area contributed by atoms with E-state index >= 15 is 0 Å². The van der Waals surface area contributed by atoms with Gasteiger partial charge in [0, 0.05) is 197 Å². The molecule has 1 aliphatic rings. The van der Waals surface area contributed by atoms with Crippen molar-refractivity contribution in [2.24, 2.45) is 0 Å².